The van der Waals surface area contributed by atoms with Crippen LogP contribution in [0.1, 0.15) is 36.2 Å². The maximum Gasteiger partial charge on any atom is 0.0729 e. The fourth-order valence-corrected chi connectivity index (χ4v) is 2.05. The van der Waals surface area contributed by atoms with Crippen molar-refractivity contribution < 1.29 is 0 Å². The predicted molar refractivity (Wildman–Crippen MR) is 70.7 cm³/mol. The summed E-state index contributed by atoms with van der Waals surface area (Å²) in [5.74, 6) is 0. The molecule has 1 heterocycles. The zero-order valence-electron chi connectivity index (χ0n) is 10.1. The highest BCUT2D eigenvalue weighted by atomic mass is 14.8. The minimum absolute atomic E-state index is 0.126. The van der Waals surface area contributed by atoms with E-state index in [1.54, 1.807) is 6.20 Å². The van der Waals surface area contributed by atoms with Crippen LogP contribution in [-0.2, 0) is 6.42 Å². The number of aryl methyl sites for hydroxylation is 1. The fourth-order valence-electron chi connectivity index (χ4n) is 2.05. The highest BCUT2D eigenvalue weighted by Crippen LogP contribution is 2.22. The molecular weight excluding hydrogens is 208 g/mol. The van der Waals surface area contributed by atoms with Gasteiger partial charge in [-0.25, -0.2) is 0 Å². The van der Waals surface area contributed by atoms with E-state index in [-0.39, 0.29) is 6.04 Å². The Bertz CT molecular complexity index is 465. The number of hydrogen-bond acceptors (Lipinski definition) is 2. The second kappa shape index (κ2) is 5.60. The van der Waals surface area contributed by atoms with E-state index in [0.29, 0.717) is 0 Å². The molecule has 2 heteroatoms. The predicted octanol–water partition coefficient (Wildman–Crippen LogP) is 3.08. The van der Waals surface area contributed by atoms with Crippen LogP contribution in [0.15, 0.2) is 48.7 Å². The molecule has 0 radical (unpaired) electrons. The smallest absolute Gasteiger partial charge is 0.0729 e. The SMILES string of the molecule is CCCc1ccccc1C(N)c1ccccn1. The molecule has 0 aliphatic carbocycles. The van der Waals surface area contributed by atoms with E-state index >= 15 is 0 Å². The monoisotopic (exact) mass is 226 g/mol. The zero-order chi connectivity index (χ0) is 12.1. The van der Waals surface area contributed by atoms with Crippen molar-refractivity contribution in [1.29, 1.82) is 0 Å². The Morgan fingerprint density at radius 1 is 1.12 bits per heavy atom. The average Bonchev–Trinajstić information content (AvgIpc) is 2.40. The lowest BCUT2D eigenvalue weighted by Gasteiger charge is -2.15. The summed E-state index contributed by atoms with van der Waals surface area (Å²) in [5.41, 5.74) is 9.73. The quantitative estimate of drug-likeness (QED) is 0.870. The summed E-state index contributed by atoms with van der Waals surface area (Å²) in [4.78, 5) is 4.33. The van der Waals surface area contributed by atoms with Gasteiger partial charge in [-0.15, -0.1) is 0 Å². The molecule has 88 valence electrons. The maximum absolute atomic E-state index is 6.28. The van der Waals surface area contributed by atoms with Gasteiger partial charge in [-0.05, 0) is 29.7 Å². The number of benzene rings is 1. The first-order valence-corrected chi connectivity index (χ1v) is 6.07. The molecule has 1 aromatic carbocycles. The first-order valence-electron chi connectivity index (χ1n) is 6.07. The standard InChI is InChI=1S/C15H18N2/c1-2-7-12-8-3-4-9-13(12)15(16)14-10-5-6-11-17-14/h3-6,8-11,15H,2,7,16H2,1H3. The van der Waals surface area contributed by atoms with E-state index < -0.39 is 0 Å². The number of nitrogens with two attached hydrogens (primary N) is 1. The van der Waals surface area contributed by atoms with Crippen LogP contribution in [0.5, 0.6) is 0 Å². The second-order valence-electron chi connectivity index (χ2n) is 4.18. The van der Waals surface area contributed by atoms with Gasteiger partial charge in [-0.3, -0.25) is 4.98 Å². The summed E-state index contributed by atoms with van der Waals surface area (Å²) < 4.78 is 0. The summed E-state index contributed by atoms with van der Waals surface area (Å²) in [5, 5.41) is 0. The van der Waals surface area contributed by atoms with Gasteiger partial charge in [0.15, 0.2) is 0 Å². The average molecular weight is 226 g/mol. The second-order valence-corrected chi connectivity index (χ2v) is 4.18. The molecule has 0 spiro atoms. The molecule has 2 rings (SSSR count). The third kappa shape index (κ3) is 2.71. The molecule has 2 N–H and O–H groups in total. The van der Waals surface area contributed by atoms with Crippen LogP contribution in [0.4, 0.5) is 0 Å². The third-order valence-electron chi connectivity index (χ3n) is 2.92. The lowest BCUT2D eigenvalue weighted by molar-refractivity contribution is 0.798. The molecule has 2 aromatic rings. The van der Waals surface area contributed by atoms with E-state index in [4.69, 9.17) is 5.73 Å². The Labute approximate surface area is 103 Å². The van der Waals surface area contributed by atoms with Crippen LogP contribution < -0.4 is 5.73 Å². The molecule has 1 aromatic heterocycles. The van der Waals surface area contributed by atoms with Crippen molar-refractivity contribution in [2.45, 2.75) is 25.8 Å². The van der Waals surface area contributed by atoms with Gasteiger partial charge in [0.05, 0.1) is 11.7 Å². The Hall–Kier alpha value is -1.67. The van der Waals surface area contributed by atoms with Crippen LogP contribution in [0.3, 0.4) is 0 Å². The normalized spacial score (nSPS) is 12.4. The Kier molecular flexibility index (Phi) is 3.89. The Morgan fingerprint density at radius 2 is 1.88 bits per heavy atom. The Balaban J connectivity index is 2.33. The summed E-state index contributed by atoms with van der Waals surface area (Å²) in [7, 11) is 0. The van der Waals surface area contributed by atoms with E-state index in [1.807, 2.05) is 24.3 Å². The van der Waals surface area contributed by atoms with E-state index in [9.17, 15) is 0 Å². The van der Waals surface area contributed by atoms with Gasteiger partial charge < -0.3 is 5.73 Å². The van der Waals surface area contributed by atoms with Crippen molar-refractivity contribution in [3.05, 3.63) is 65.5 Å². The van der Waals surface area contributed by atoms with Gasteiger partial charge >= 0.3 is 0 Å². The Morgan fingerprint density at radius 3 is 2.59 bits per heavy atom. The summed E-state index contributed by atoms with van der Waals surface area (Å²) in [6, 6.07) is 14.1. The molecule has 0 saturated carbocycles. The lowest BCUT2D eigenvalue weighted by Crippen LogP contribution is -2.15. The minimum atomic E-state index is -0.126. The van der Waals surface area contributed by atoms with Crippen LogP contribution in [0.25, 0.3) is 0 Å². The molecule has 0 aliphatic heterocycles. The van der Waals surface area contributed by atoms with Gasteiger partial charge in [0.1, 0.15) is 0 Å². The fraction of sp³-hybridized carbons (Fsp3) is 0.267. The minimum Gasteiger partial charge on any atom is -0.319 e. The van der Waals surface area contributed by atoms with Crippen molar-refractivity contribution in [1.82, 2.24) is 4.98 Å². The van der Waals surface area contributed by atoms with E-state index in [1.165, 1.54) is 11.1 Å². The lowest BCUT2D eigenvalue weighted by atomic mass is 9.96. The third-order valence-corrected chi connectivity index (χ3v) is 2.92. The van der Waals surface area contributed by atoms with Crippen molar-refractivity contribution in [3.63, 3.8) is 0 Å². The number of nitrogens with zero attached hydrogens (tertiary/aromatic N) is 1. The highest BCUT2D eigenvalue weighted by molar-refractivity contribution is 5.34. The largest absolute Gasteiger partial charge is 0.319 e. The van der Waals surface area contributed by atoms with Crippen LogP contribution in [0, 0.1) is 0 Å². The molecule has 0 aliphatic rings. The molecule has 2 nitrogen and oxygen atoms in total. The van der Waals surface area contributed by atoms with E-state index in [2.05, 4.69) is 30.1 Å². The summed E-state index contributed by atoms with van der Waals surface area (Å²) >= 11 is 0. The summed E-state index contributed by atoms with van der Waals surface area (Å²) in [6.45, 7) is 2.18. The van der Waals surface area contributed by atoms with Crippen molar-refractivity contribution in [2.75, 3.05) is 0 Å². The first kappa shape index (κ1) is 11.8. The topological polar surface area (TPSA) is 38.9 Å². The summed E-state index contributed by atoms with van der Waals surface area (Å²) in [6.07, 6.45) is 3.99. The van der Waals surface area contributed by atoms with Crippen molar-refractivity contribution in [2.24, 2.45) is 5.73 Å². The van der Waals surface area contributed by atoms with Gasteiger partial charge in [-0.2, -0.15) is 0 Å². The molecule has 1 unspecified atom stereocenters. The molecule has 1 atom stereocenters. The van der Waals surface area contributed by atoms with Gasteiger partial charge in [-0.1, -0.05) is 43.7 Å². The molecule has 17 heavy (non-hydrogen) atoms. The van der Waals surface area contributed by atoms with Gasteiger partial charge in [0.25, 0.3) is 0 Å². The van der Waals surface area contributed by atoms with Crippen LogP contribution in [-0.4, -0.2) is 4.98 Å². The molecule has 0 bridgehead atoms. The number of pyridine rings is 1. The molecule has 0 fully saturated rings. The van der Waals surface area contributed by atoms with Crippen molar-refractivity contribution >= 4 is 0 Å². The van der Waals surface area contributed by atoms with E-state index in [0.717, 1.165) is 18.5 Å². The van der Waals surface area contributed by atoms with Crippen LogP contribution in [0.2, 0.25) is 0 Å². The molecule has 0 amide bonds. The zero-order valence-corrected chi connectivity index (χ0v) is 10.1. The van der Waals surface area contributed by atoms with Crippen molar-refractivity contribution in [3.8, 4) is 0 Å². The number of hydrogen-bond donors (Lipinski definition) is 1. The first-order chi connectivity index (χ1) is 8.33. The molecule has 0 saturated heterocycles. The van der Waals surface area contributed by atoms with Gasteiger partial charge in [0.2, 0.25) is 0 Å². The van der Waals surface area contributed by atoms with Crippen LogP contribution >= 0.6 is 0 Å². The molecular formula is C15H18N2. The number of aromatic nitrogens is 1. The highest BCUT2D eigenvalue weighted by Gasteiger charge is 2.12. The number of rotatable bonds is 4. The maximum atomic E-state index is 6.28. The van der Waals surface area contributed by atoms with Gasteiger partial charge in [0, 0.05) is 6.20 Å².